The predicted octanol–water partition coefficient (Wildman–Crippen LogP) is 2.65. The zero-order valence-corrected chi connectivity index (χ0v) is 13.2. The number of carbonyl (C=O) groups excluding carboxylic acids is 1. The molecule has 2 N–H and O–H groups in total. The summed E-state index contributed by atoms with van der Waals surface area (Å²) in [5, 5.41) is 6.44. The van der Waals surface area contributed by atoms with Crippen LogP contribution in [0.1, 0.15) is 30.4 Å². The predicted molar refractivity (Wildman–Crippen MR) is 85.3 cm³/mol. The lowest BCUT2D eigenvalue weighted by atomic mass is 10.1. The first-order valence-corrected chi connectivity index (χ1v) is 8.34. The summed E-state index contributed by atoms with van der Waals surface area (Å²) in [7, 11) is 0. The number of hydrogen-bond acceptors (Lipinski definition) is 3. The van der Waals surface area contributed by atoms with Gasteiger partial charge in [0.1, 0.15) is 0 Å². The molecule has 20 heavy (non-hydrogen) atoms. The number of thioether (sulfide) groups is 1. The van der Waals surface area contributed by atoms with Crippen molar-refractivity contribution in [2.24, 2.45) is 0 Å². The van der Waals surface area contributed by atoms with E-state index in [4.69, 9.17) is 0 Å². The minimum atomic E-state index is 0.188. The number of nitrogens with one attached hydrogen (secondary N) is 2. The highest BCUT2D eigenvalue weighted by molar-refractivity contribution is 7.99. The average Bonchev–Trinajstić information content (AvgIpc) is 2.44. The molecule has 1 fully saturated rings. The van der Waals surface area contributed by atoms with E-state index in [9.17, 15) is 4.79 Å². The van der Waals surface area contributed by atoms with Gasteiger partial charge in [0, 0.05) is 23.1 Å². The Hall–Kier alpha value is -1.00. The van der Waals surface area contributed by atoms with Gasteiger partial charge in [0.15, 0.2) is 0 Å². The number of rotatable bonds is 5. The Labute approximate surface area is 125 Å². The Balaban J connectivity index is 1.69. The maximum atomic E-state index is 11.9. The van der Waals surface area contributed by atoms with Crippen molar-refractivity contribution in [2.75, 3.05) is 18.8 Å². The van der Waals surface area contributed by atoms with Gasteiger partial charge in [-0.2, -0.15) is 0 Å². The molecule has 1 aliphatic rings. The third-order valence-electron chi connectivity index (χ3n) is 3.78. The minimum Gasteiger partial charge on any atom is -0.353 e. The van der Waals surface area contributed by atoms with Crippen LogP contribution in [0.5, 0.6) is 0 Å². The Morgan fingerprint density at radius 1 is 1.30 bits per heavy atom. The lowest BCUT2D eigenvalue weighted by Gasteiger charge is -2.23. The third-order valence-corrected chi connectivity index (χ3v) is 4.78. The quantitative estimate of drug-likeness (QED) is 0.820. The van der Waals surface area contributed by atoms with Crippen molar-refractivity contribution >= 4 is 17.7 Å². The molecule has 1 heterocycles. The smallest absolute Gasteiger partial charge is 0.221 e. The molecule has 0 unspecified atom stereocenters. The normalized spacial score (nSPS) is 16.1. The largest absolute Gasteiger partial charge is 0.353 e. The van der Waals surface area contributed by atoms with E-state index in [1.807, 2.05) is 0 Å². The van der Waals surface area contributed by atoms with Gasteiger partial charge in [-0.05, 0) is 63.0 Å². The molecule has 1 aliphatic heterocycles. The monoisotopic (exact) mass is 292 g/mol. The lowest BCUT2D eigenvalue weighted by Crippen LogP contribution is -2.42. The van der Waals surface area contributed by atoms with Crippen LogP contribution in [0.15, 0.2) is 23.1 Å². The van der Waals surface area contributed by atoms with E-state index < -0.39 is 0 Å². The van der Waals surface area contributed by atoms with Crippen LogP contribution in [-0.2, 0) is 4.79 Å². The zero-order valence-electron chi connectivity index (χ0n) is 12.4. The van der Waals surface area contributed by atoms with Gasteiger partial charge in [-0.15, -0.1) is 11.8 Å². The van der Waals surface area contributed by atoms with Crippen molar-refractivity contribution in [1.82, 2.24) is 10.6 Å². The molecule has 0 atom stereocenters. The fourth-order valence-corrected chi connectivity index (χ4v) is 3.28. The molecular weight excluding hydrogens is 268 g/mol. The van der Waals surface area contributed by atoms with Crippen LogP contribution in [0.2, 0.25) is 0 Å². The second-order valence-electron chi connectivity index (χ2n) is 5.44. The van der Waals surface area contributed by atoms with E-state index >= 15 is 0 Å². The topological polar surface area (TPSA) is 41.1 Å². The van der Waals surface area contributed by atoms with Gasteiger partial charge in [-0.1, -0.05) is 6.07 Å². The number of hydrogen-bond donors (Lipinski definition) is 2. The highest BCUT2D eigenvalue weighted by atomic mass is 32.2. The summed E-state index contributed by atoms with van der Waals surface area (Å²) in [6, 6.07) is 6.85. The van der Waals surface area contributed by atoms with Gasteiger partial charge in [-0.3, -0.25) is 4.79 Å². The SMILES string of the molecule is Cc1ccc(SCCC(=O)NC2CCNCC2)cc1C. The molecule has 110 valence electrons. The number of carbonyl (C=O) groups is 1. The first-order chi connectivity index (χ1) is 9.65. The Bertz CT molecular complexity index is 456. The summed E-state index contributed by atoms with van der Waals surface area (Å²) in [6.45, 7) is 6.28. The third kappa shape index (κ3) is 4.84. The van der Waals surface area contributed by atoms with Crippen molar-refractivity contribution in [3.8, 4) is 0 Å². The first-order valence-electron chi connectivity index (χ1n) is 7.35. The van der Waals surface area contributed by atoms with E-state index in [0.717, 1.165) is 31.7 Å². The van der Waals surface area contributed by atoms with E-state index in [2.05, 4.69) is 42.7 Å². The minimum absolute atomic E-state index is 0.188. The Morgan fingerprint density at radius 3 is 2.75 bits per heavy atom. The van der Waals surface area contributed by atoms with Gasteiger partial charge < -0.3 is 10.6 Å². The standard InChI is InChI=1S/C16H24N2OS/c1-12-3-4-15(11-13(12)2)20-10-7-16(19)18-14-5-8-17-9-6-14/h3-4,11,14,17H,5-10H2,1-2H3,(H,18,19). The van der Waals surface area contributed by atoms with E-state index in [-0.39, 0.29) is 5.91 Å². The Morgan fingerprint density at radius 2 is 2.05 bits per heavy atom. The maximum absolute atomic E-state index is 11.9. The van der Waals surface area contributed by atoms with Crippen LogP contribution >= 0.6 is 11.8 Å². The molecule has 1 saturated heterocycles. The molecule has 0 radical (unpaired) electrons. The molecule has 2 rings (SSSR count). The molecule has 0 bridgehead atoms. The molecular formula is C16H24N2OS. The molecule has 1 aromatic rings. The van der Waals surface area contributed by atoms with Gasteiger partial charge in [0.05, 0.1) is 0 Å². The number of amides is 1. The summed E-state index contributed by atoms with van der Waals surface area (Å²) in [5.74, 6) is 1.03. The molecule has 3 nitrogen and oxygen atoms in total. The van der Waals surface area contributed by atoms with Gasteiger partial charge in [0.25, 0.3) is 0 Å². The number of benzene rings is 1. The lowest BCUT2D eigenvalue weighted by molar-refractivity contribution is -0.121. The Kier molecular flexibility index (Phi) is 5.92. The zero-order chi connectivity index (χ0) is 14.4. The van der Waals surface area contributed by atoms with Crippen molar-refractivity contribution in [1.29, 1.82) is 0 Å². The van der Waals surface area contributed by atoms with Gasteiger partial charge >= 0.3 is 0 Å². The van der Waals surface area contributed by atoms with Crippen LogP contribution in [-0.4, -0.2) is 30.8 Å². The summed E-state index contributed by atoms with van der Waals surface area (Å²) >= 11 is 1.76. The van der Waals surface area contributed by atoms with Crippen LogP contribution in [0.25, 0.3) is 0 Å². The summed E-state index contributed by atoms with van der Waals surface area (Å²) < 4.78 is 0. The number of piperidine rings is 1. The first kappa shape index (κ1) is 15.4. The van der Waals surface area contributed by atoms with Crippen LogP contribution < -0.4 is 10.6 Å². The molecule has 4 heteroatoms. The van der Waals surface area contributed by atoms with Gasteiger partial charge in [-0.25, -0.2) is 0 Å². The maximum Gasteiger partial charge on any atom is 0.221 e. The average molecular weight is 292 g/mol. The van der Waals surface area contributed by atoms with E-state index in [1.54, 1.807) is 11.8 Å². The molecule has 0 saturated carbocycles. The van der Waals surface area contributed by atoms with Crippen LogP contribution in [0.3, 0.4) is 0 Å². The fourth-order valence-electron chi connectivity index (χ4n) is 2.33. The van der Waals surface area contributed by atoms with E-state index in [1.165, 1.54) is 16.0 Å². The molecule has 0 aromatic heterocycles. The second-order valence-corrected chi connectivity index (χ2v) is 6.60. The molecule has 1 amide bonds. The van der Waals surface area contributed by atoms with E-state index in [0.29, 0.717) is 12.5 Å². The summed E-state index contributed by atoms with van der Waals surface area (Å²) in [4.78, 5) is 13.1. The molecule has 0 spiro atoms. The van der Waals surface area contributed by atoms with Gasteiger partial charge in [0.2, 0.25) is 5.91 Å². The van der Waals surface area contributed by atoms with Crippen molar-refractivity contribution in [3.63, 3.8) is 0 Å². The number of aryl methyl sites for hydroxylation is 2. The van der Waals surface area contributed by atoms with Crippen molar-refractivity contribution in [2.45, 2.75) is 44.0 Å². The van der Waals surface area contributed by atoms with Crippen molar-refractivity contribution in [3.05, 3.63) is 29.3 Å². The summed E-state index contributed by atoms with van der Waals surface area (Å²) in [5.41, 5.74) is 2.63. The van der Waals surface area contributed by atoms with Crippen molar-refractivity contribution < 1.29 is 4.79 Å². The van der Waals surface area contributed by atoms with Crippen LogP contribution in [0.4, 0.5) is 0 Å². The summed E-state index contributed by atoms with van der Waals surface area (Å²) in [6.07, 6.45) is 2.70. The highest BCUT2D eigenvalue weighted by Crippen LogP contribution is 2.21. The fraction of sp³-hybridized carbons (Fsp3) is 0.562. The van der Waals surface area contributed by atoms with Crippen LogP contribution in [0, 0.1) is 13.8 Å². The highest BCUT2D eigenvalue weighted by Gasteiger charge is 2.14. The molecule has 1 aromatic carbocycles. The molecule has 0 aliphatic carbocycles. The second kappa shape index (κ2) is 7.70.